The molecule has 0 heterocycles. The molecular weight excluding hydrogens is 275 g/mol. The van der Waals surface area contributed by atoms with E-state index in [9.17, 15) is 31.9 Å². The summed E-state index contributed by atoms with van der Waals surface area (Å²) in [6.45, 7) is 0. The van der Waals surface area contributed by atoms with Crippen LogP contribution < -0.4 is 0 Å². The third-order valence-electron chi connectivity index (χ3n) is 2.97. The SMILES string of the molecule is O=C1c2cc(F)cc(F)c2C(O)C1C(O)C(F)(F)F. The molecule has 0 fully saturated rings. The van der Waals surface area contributed by atoms with Gasteiger partial charge in [0.05, 0.1) is 12.0 Å². The zero-order chi connectivity index (χ0) is 14.5. The van der Waals surface area contributed by atoms with Crippen molar-refractivity contribution in [2.24, 2.45) is 5.92 Å². The fraction of sp³-hybridized carbons (Fsp3) is 0.364. The van der Waals surface area contributed by atoms with Crippen molar-refractivity contribution in [2.45, 2.75) is 18.4 Å². The highest BCUT2D eigenvalue weighted by molar-refractivity contribution is 6.03. The standard InChI is InChI=1S/C11H7F5O3/c12-3-1-4-6(5(13)2-3)9(18)7(8(4)17)10(19)11(14,15)16/h1-2,7,9-10,18-19H. The average Bonchev–Trinajstić information content (AvgIpc) is 2.49. The van der Waals surface area contributed by atoms with E-state index in [4.69, 9.17) is 5.11 Å². The number of carbonyl (C=O) groups is 1. The molecule has 0 saturated carbocycles. The van der Waals surface area contributed by atoms with Gasteiger partial charge in [0.2, 0.25) is 0 Å². The van der Waals surface area contributed by atoms with Gasteiger partial charge in [0, 0.05) is 17.2 Å². The quantitative estimate of drug-likeness (QED) is 0.771. The Morgan fingerprint density at radius 2 is 1.79 bits per heavy atom. The summed E-state index contributed by atoms with van der Waals surface area (Å²) in [7, 11) is 0. The highest BCUT2D eigenvalue weighted by Crippen LogP contribution is 2.43. The number of aliphatic hydroxyl groups is 2. The van der Waals surface area contributed by atoms with Gasteiger partial charge in [-0.1, -0.05) is 0 Å². The number of carbonyl (C=O) groups excluding carboxylic acids is 1. The Kier molecular flexibility index (Phi) is 3.10. The molecule has 3 atom stereocenters. The zero-order valence-electron chi connectivity index (χ0n) is 9.08. The summed E-state index contributed by atoms with van der Waals surface area (Å²) >= 11 is 0. The first kappa shape index (κ1) is 13.9. The highest BCUT2D eigenvalue weighted by Gasteiger charge is 2.54. The third-order valence-corrected chi connectivity index (χ3v) is 2.97. The first-order chi connectivity index (χ1) is 8.64. The van der Waals surface area contributed by atoms with Gasteiger partial charge in [0.1, 0.15) is 11.6 Å². The maximum Gasteiger partial charge on any atom is 0.415 e. The van der Waals surface area contributed by atoms with E-state index >= 15 is 0 Å². The van der Waals surface area contributed by atoms with Crippen LogP contribution in [0.3, 0.4) is 0 Å². The van der Waals surface area contributed by atoms with Crippen molar-refractivity contribution < 1.29 is 37.0 Å². The molecule has 0 saturated heterocycles. The van der Waals surface area contributed by atoms with Crippen LogP contribution in [-0.4, -0.2) is 28.3 Å². The minimum absolute atomic E-state index is 0.345. The van der Waals surface area contributed by atoms with Gasteiger partial charge in [0.25, 0.3) is 0 Å². The van der Waals surface area contributed by atoms with Crippen LogP contribution in [0.25, 0.3) is 0 Å². The molecule has 19 heavy (non-hydrogen) atoms. The van der Waals surface area contributed by atoms with E-state index in [1.54, 1.807) is 0 Å². The van der Waals surface area contributed by atoms with Gasteiger partial charge in [-0.05, 0) is 6.07 Å². The Labute approximate surface area is 103 Å². The van der Waals surface area contributed by atoms with Gasteiger partial charge < -0.3 is 10.2 Å². The molecule has 1 aromatic rings. The summed E-state index contributed by atoms with van der Waals surface area (Å²) in [5.41, 5.74) is -1.40. The molecular formula is C11H7F5O3. The minimum atomic E-state index is -5.15. The normalized spacial score (nSPS) is 24.5. The molecule has 1 aromatic carbocycles. The molecule has 0 aliphatic heterocycles. The van der Waals surface area contributed by atoms with E-state index in [0.29, 0.717) is 12.1 Å². The zero-order valence-corrected chi connectivity index (χ0v) is 9.08. The van der Waals surface area contributed by atoms with E-state index < -0.39 is 52.8 Å². The fourth-order valence-electron chi connectivity index (χ4n) is 2.11. The lowest BCUT2D eigenvalue weighted by Crippen LogP contribution is -2.40. The number of rotatable bonds is 1. The van der Waals surface area contributed by atoms with Crippen molar-refractivity contribution in [3.05, 3.63) is 34.9 Å². The van der Waals surface area contributed by atoms with Crippen molar-refractivity contribution >= 4 is 5.78 Å². The van der Waals surface area contributed by atoms with Crippen LogP contribution in [0.4, 0.5) is 22.0 Å². The maximum atomic E-state index is 13.4. The Morgan fingerprint density at radius 3 is 2.32 bits per heavy atom. The molecule has 1 aliphatic rings. The van der Waals surface area contributed by atoms with Gasteiger partial charge in [-0.3, -0.25) is 4.79 Å². The summed E-state index contributed by atoms with van der Waals surface area (Å²) in [5, 5.41) is 18.6. The lowest BCUT2D eigenvalue weighted by molar-refractivity contribution is -0.221. The molecule has 1 aliphatic carbocycles. The van der Waals surface area contributed by atoms with Crippen molar-refractivity contribution in [3.63, 3.8) is 0 Å². The van der Waals surface area contributed by atoms with E-state index in [2.05, 4.69) is 0 Å². The van der Waals surface area contributed by atoms with Crippen LogP contribution in [0.2, 0.25) is 0 Å². The maximum absolute atomic E-state index is 13.4. The van der Waals surface area contributed by atoms with Crippen molar-refractivity contribution in [1.82, 2.24) is 0 Å². The summed E-state index contributed by atoms with van der Waals surface area (Å²) in [4.78, 5) is 11.6. The van der Waals surface area contributed by atoms with Crippen molar-refractivity contribution in [1.29, 1.82) is 0 Å². The van der Waals surface area contributed by atoms with Crippen molar-refractivity contribution in [3.8, 4) is 0 Å². The van der Waals surface area contributed by atoms with Gasteiger partial charge in [0.15, 0.2) is 11.9 Å². The van der Waals surface area contributed by atoms with Gasteiger partial charge >= 0.3 is 6.18 Å². The smallest absolute Gasteiger partial charge is 0.387 e. The number of hydrogen-bond donors (Lipinski definition) is 2. The molecule has 3 unspecified atom stereocenters. The van der Waals surface area contributed by atoms with Crippen LogP contribution in [-0.2, 0) is 0 Å². The number of alkyl halides is 3. The second-order valence-electron chi connectivity index (χ2n) is 4.17. The molecule has 0 spiro atoms. The van der Waals surface area contributed by atoms with Gasteiger partial charge in [-0.15, -0.1) is 0 Å². The molecule has 0 amide bonds. The molecule has 0 aromatic heterocycles. The van der Waals surface area contributed by atoms with Crippen LogP contribution >= 0.6 is 0 Å². The molecule has 2 rings (SSSR count). The Balaban J connectivity index is 2.51. The van der Waals surface area contributed by atoms with Crippen molar-refractivity contribution in [2.75, 3.05) is 0 Å². The Morgan fingerprint density at radius 1 is 1.21 bits per heavy atom. The van der Waals surface area contributed by atoms with Crippen LogP contribution in [0.15, 0.2) is 12.1 Å². The Hall–Kier alpha value is -1.54. The largest absolute Gasteiger partial charge is 0.415 e. The average molecular weight is 282 g/mol. The molecule has 2 N–H and O–H groups in total. The molecule has 3 nitrogen and oxygen atoms in total. The lowest BCUT2D eigenvalue weighted by Gasteiger charge is -2.22. The summed E-state index contributed by atoms with van der Waals surface area (Å²) in [6.07, 6.45) is -10.5. The lowest BCUT2D eigenvalue weighted by atomic mass is 9.95. The number of ketones is 1. The monoisotopic (exact) mass is 282 g/mol. The second kappa shape index (κ2) is 4.24. The summed E-state index contributed by atoms with van der Waals surface area (Å²) in [6, 6.07) is 0.880. The summed E-state index contributed by atoms with van der Waals surface area (Å²) in [5.74, 6) is -6.11. The Bertz CT molecular complexity index is 540. The predicted octanol–water partition coefficient (Wildman–Crippen LogP) is 1.73. The van der Waals surface area contributed by atoms with Gasteiger partial charge in [-0.2, -0.15) is 13.2 Å². The number of fused-ring (bicyclic) bond motifs is 1. The third kappa shape index (κ3) is 2.10. The van der Waals surface area contributed by atoms with Gasteiger partial charge in [-0.25, -0.2) is 8.78 Å². The van der Waals surface area contributed by atoms with Crippen LogP contribution in [0.5, 0.6) is 0 Å². The number of aliphatic hydroxyl groups excluding tert-OH is 2. The first-order valence-corrected chi connectivity index (χ1v) is 5.10. The molecule has 104 valence electrons. The van der Waals surface area contributed by atoms with E-state index in [1.807, 2.05) is 0 Å². The molecule has 8 heteroatoms. The van der Waals surface area contributed by atoms with E-state index in [1.165, 1.54) is 0 Å². The second-order valence-corrected chi connectivity index (χ2v) is 4.17. The van der Waals surface area contributed by atoms with E-state index in [-0.39, 0.29) is 0 Å². The van der Waals surface area contributed by atoms with Crippen LogP contribution in [0, 0.1) is 17.6 Å². The number of halogens is 5. The van der Waals surface area contributed by atoms with E-state index in [0.717, 1.165) is 0 Å². The molecule has 0 bridgehead atoms. The predicted molar refractivity (Wildman–Crippen MR) is 51.2 cm³/mol. The number of Topliss-reactive ketones (excluding diaryl/α,β-unsaturated/α-hetero) is 1. The number of benzene rings is 1. The topological polar surface area (TPSA) is 57.5 Å². The minimum Gasteiger partial charge on any atom is -0.387 e. The summed E-state index contributed by atoms with van der Waals surface area (Å²) < 4.78 is 63.4. The van der Waals surface area contributed by atoms with Crippen LogP contribution in [0.1, 0.15) is 22.0 Å². The highest BCUT2D eigenvalue weighted by atomic mass is 19.4. The number of hydrogen-bond acceptors (Lipinski definition) is 3. The fourth-order valence-corrected chi connectivity index (χ4v) is 2.11. The first-order valence-electron chi connectivity index (χ1n) is 5.10. The molecule has 0 radical (unpaired) electrons.